The maximum absolute atomic E-state index is 2.47. The first-order valence-electron chi connectivity index (χ1n) is 4.85. The summed E-state index contributed by atoms with van der Waals surface area (Å²) in [4.78, 5) is 0. The van der Waals surface area contributed by atoms with Gasteiger partial charge in [-0.3, -0.25) is 0 Å². The van der Waals surface area contributed by atoms with Gasteiger partial charge in [0.15, 0.2) is 0 Å². The van der Waals surface area contributed by atoms with Gasteiger partial charge in [0.1, 0.15) is 0 Å². The van der Waals surface area contributed by atoms with Gasteiger partial charge in [0.05, 0.1) is 12.1 Å². The molecule has 2 heteroatoms. The number of rotatable bonds is 5. The van der Waals surface area contributed by atoms with Crippen LogP contribution in [0.1, 0.15) is 47.5 Å². The maximum atomic E-state index is 2.47. The van der Waals surface area contributed by atoms with Crippen molar-refractivity contribution in [3.05, 3.63) is 0 Å². The molecule has 0 spiro atoms. The number of unbranched alkanes of at least 4 members (excludes halogenated alkanes) is 1. The van der Waals surface area contributed by atoms with Gasteiger partial charge in [-0.05, 0) is 20.3 Å². The molecule has 0 fully saturated rings. The lowest BCUT2D eigenvalue weighted by atomic mass is 9.91. The van der Waals surface area contributed by atoms with Gasteiger partial charge >= 0.3 is 0 Å². The summed E-state index contributed by atoms with van der Waals surface area (Å²) in [6.07, 6.45) is 2.65. The van der Waals surface area contributed by atoms with Gasteiger partial charge in [-0.1, -0.05) is 27.2 Å². The molecule has 0 heterocycles. The van der Waals surface area contributed by atoms with Crippen LogP contribution < -0.4 is 17.7 Å². The third kappa shape index (κ3) is 5.84. The van der Waals surface area contributed by atoms with Crippen molar-refractivity contribution < 1.29 is 17.7 Å². The minimum Gasteiger partial charge on any atom is -1.00 e. The molecule has 0 bridgehead atoms. The van der Waals surface area contributed by atoms with Crippen molar-refractivity contribution in [2.45, 2.75) is 53.0 Å². The van der Waals surface area contributed by atoms with Gasteiger partial charge in [-0.25, -0.2) is 0 Å². The van der Waals surface area contributed by atoms with Gasteiger partial charge < -0.3 is 17.7 Å². The Kier molecular flexibility index (Phi) is 8.28. The molecule has 0 aliphatic rings. The van der Waals surface area contributed by atoms with E-state index < -0.39 is 0 Å². The van der Waals surface area contributed by atoms with Crippen molar-refractivity contribution in [1.29, 1.82) is 0 Å². The fraction of sp³-hybridized carbons (Fsp3) is 1.00. The molecule has 0 saturated carbocycles. The number of quaternary nitrogens is 1. The van der Waals surface area contributed by atoms with Crippen LogP contribution in [0.3, 0.4) is 0 Å². The van der Waals surface area contributed by atoms with Crippen LogP contribution in [0.15, 0.2) is 0 Å². The van der Waals surface area contributed by atoms with Crippen molar-refractivity contribution in [2.75, 3.05) is 6.54 Å². The molecule has 0 radical (unpaired) electrons. The van der Waals surface area contributed by atoms with Gasteiger partial charge in [0, 0.05) is 5.92 Å². The lowest BCUT2D eigenvalue weighted by Crippen LogP contribution is -3.00. The summed E-state index contributed by atoms with van der Waals surface area (Å²) in [5.74, 6) is 0.763. The first-order valence-corrected chi connectivity index (χ1v) is 4.85. The molecule has 0 rings (SSSR count). The smallest absolute Gasteiger partial charge is 0.0927 e. The minimum absolute atomic E-state index is 0. The second kappa shape index (κ2) is 6.73. The zero-order valence-corrected chi connectivity index (χ0v) is 9.91. The average molecular weight is 194 g/mol. The van der Waals surface area contributed by atoms with E-state index in [0.717, 1.165) is 5.92 Å². The lowest BCUT2D eigenvalue weighted by Gasteiger charge is -2.26. The molecular formula is C10H24ClN. The van der Waals surface area contributed by atoms with Crippen LogP contribution in [0.25, 0.3) is 0 Å². The van der Waals surface area contributed by atoms with Crippen LogP contribution in [-0.4, -0.2) is 12.1 Å². The average Bonchev–Trinajstić information content (AvgIpc) is 1.88. The van der Waals surface area contributed by atoms with E-state index in [1.807, 2.05) is 0 Å². The molecule has 0 aliphatic heterocycles. The predicted octanol–water partition coefficient (Wildman–Crippen LogP) is -1.21. The number of nitrogens with two attached hydrogens (primary N) is 1. The quantitative estimate of drug-likeness (QED) is 0.528. The van der Waals surface area contributed by atoms with Gasteiger partial charge in [0.2, 0.25) is 0 Å². The number of hydrogen-bond donors (Lipinski definition) is 1. The molecular weight excluding hydrogens is 170 g/mol. The van der Waals surface area contributed by atoms with Crippen LogP contribution in [0, 0.1) is 5.92 Å². The highest BCUT2D eigenvalue weighted by molar-refractivity contribution is 4.67. The molecule has 0 saturated heterocycles. The van der Waals surface area contributed by atoms with Gasteiger partial charge in [-0.15, -0.1) is 0 Å². The zero-order valence-electron chi connectivity index (χ0n) is 9.15. The molecule has 0 atom stereocenters. The highest BCUT2D eigenvalue weighted by atomic mass is 35.5. The second-order valence-electron chi connectivity index (χ2n) is 4.32. The number of halogens is 1. The van der Waals surface area contributed by atoms with E-state index in [0.29, 0.717) is 5.54 Å². The van der Waals surface area contributed by atoms with Crippen molar-refractivity contribution in [3.63, 3.8) is 0 Å². The predicted molar refractivity (Wildman–Crippen MR) is 50.6 cm³/mol. The van der Waals surface area contributed by atoms with Crippen LogP contribution in [-0.2, 0) is 0 Å². The SMILES string of the molecule is CCCC[NH2+]C(C)(C)C(C)C.[Cl-]. The summed E-state index contributed by atoms with van der Waals surface area (Å²) in [5.41, 5.74) is 0.426. The largest absolute Gasteiger partial charge is 1.00 e. The third-order valence-corrected chi connectivity index (χ3v) is 2.72. The van der Waals surface area contributed by atoms with E-state index >= 15 is 0 Å². The van der Waals surface area contributed by atoms with Gasteiger partial charge in [-0.2, -0.15) is 0 Å². The monoisotopic (exact) mass is 193 g/mol. The maximum Gasteiger partial charge on any atom is 0.0927 e. The van der Waals surface area contributed by atoms with Crippen LogP contribution in [0.4, 0.5) is 0 Å². The molecule has 0 aromatic carbocycles. The van der Waals surface area contributed by atoms with Crippen LogP contribution >= 0.6 is 0 Å². The van der Waals surface area contributed by atoms with Crippen molar-refractivity contribution in [2.24, 2.45) is 5.92 Å². The Morgan fingerprint density at radius 3 is 2.08 bits per heavy atom. The van der Waals surface area contributed by atoms with E-state index in [1.54, 1.807) is 0 Å². The normalized spacial score (nSPS) is 11.5. The lowest BCUT2D eigenvalue weighted by molar-refractivity contribution is -0.727. The fourth-order valence-corrected chi connectivity index (χ4v) is 0.914. The molecule has 12 heavy (non-hydrogen) atoms. The summed E-state index contributed by atoms with van der Waals surface area (Å²) < 4.78 is 0. The Balaban J connectivity index is 0. The van der Waals surface area contributed by atoms with E-state index in [-0.39, 0.29) is 12.4 Å². The third-order valence-electron chi connectivity index (χ3n) is 2.72. The topological polar surface area (TPSA) is 16.6 Å². The Morgan fingerprint density at radius 2 is 1.75 bits per heavy atom. The first-order chi connectivity index (χ1) is 5.00. The molecule has 0 unspecified atom stereocenters. The van der Waals surface area contributed by atoms with Crippen LogP contribution in [0.2, 0.25) is 0 Å². The van der Waals surface area contributed by atoms with Crippen molar-refractivity contribution in [3.8, 4) is 0 Å². The Labute approximate surface area is 83.7 Å². The first kappa shape index (κ1) is 14.8. The zero-order chi connectivity index (χ0) is 8.91. The van der Waals surface area contributed by atoms with E-state index in [2.05, 4.69) is 39.9 Å². The molecule has 1 nitrogen and oxygen atoms in total. The van der Waals surface area contributed by atoms with E-state index in [1.165, 1.54) is 19.4 Å². The van der Waals surface area contributed by atoms with E-state index in [9.17, 15) is 0 Å². The summed E-state index contributed by atoms with van der Waals surface area (Å²) in [6.45, 7) is 12.8. The minimum atomic E-state index is 0. The molecule has 0 amide bonds. The van der Waals surface area contributed by atoms with Crippen LogP contribution in [0.5, 0.6) is 0 Å². The standard InChI is InChI=1S/C10H23N.ClH/c1-6-7-8-11-10(4,5)9(2)3;/h9,11H,6-8H2,1-5H3;1H. The Morgan fingerprint density at radius 1 is 1.25 bits per heavy atom. The van der Waals surface area contributed by atoms with Gasteiger partial charge in [0.25, 0.3) is 0 Å². The van der Waals surface area contributed by atoms with Crippen molar-refractivity contribution in [1.82, 2.24) is 0 Å². The molecule has 0 aliphatic carbocycles. The second-order valence-corrected chi connectivity index (χ2v) is 4.32. The molecule has 76 valence electrons. The fourth-order valence-electron chi connectivity index (χ4n) is 0.914. The van der Waals surface area contributed by atoms with Crippen molar-refractivity contribution >= 4 is 0 Å². The van der Waals surface area contributed by atoms with E-state index in [4.69, 9.17) is 0 Å². The summed E-state index contributed by atoms with van der Waals surface area (Å²) >= 11 is 0. The summed E-state index contributed by atoms with van der Waals surface area (Å²) in [7, 11) is 0. The molecule has 0 aromatic heterocycles. The number of hydrogen-bond acceptors (Lipinski definition) is 0. The Bertz CT molecular complexity index is 100. The molecule has 2 N–H and O–H groups in total. The Hall–Kier alpha value is 0.250. The highest BCUT2D eigenvalue weighted by Crippen LogP contribution is 2.08. The summed E-state index contributed by atoms with van der Waals surface area (Å²) in [6, 6.07) is 0. The summed E-state index contributed by atoms with van der Waals surface area (Å²) in [5, 5.41) is 2.47. The molecule has 0 aromatic rings. The highest BCUT2D eigenvalue weighted by Gasteiger charge is 2.24.